The monoisotopic (exact) mass is 286 g/mol. The molecule has 1 N–H and O–H groups in total. The zero-order chi connectivity index (χ0) is 14.5. The highest BCUT2D eigenvalue weighted by Gasteiger charge is 2.12. The van der Waals surface area contributed by atoms with E-state index < -0.39 is 0 Å². The highest BCUT2D eigenvalue weighted by molar-refractivity contribution is 5.48. The molecule has 6 heteroatoms. The maximum Gasteiger partial charge on any atom is 0.134 e. The summed E-state index contributed by atoms with van der Waals surface area (Å²) in [6.45, 7) is 3.05. The van der Waals surface area contributed by atoms with E-state index in [1.54, 1.807) is 6.33 Å². The van der Waals surface area contributed by atoms with Gasteiger partial charge in [-0.1, -0.05) is 0 Å². The summed E-state index contributed by atoms with van der Waals surface area (Å²) in [5.41, 5.74) is 1.22. The van der Waals surface area contributed by atoms with Crippen LogP contribution < -0.4 is 10.2 Å². The molecule has 112 valence electrons. The third-order valence-corrected chi connectivity index (χ3v) is 3.94. The lowest BCUT2D eigenvalue weighted by molar-refractivity contribution is 0.573. The largest absolute Gasteiger partial charge is 0.370 e. The second-order valence-corrected chi connectivity index (χ2v) is 5.43. The first kappa shape index (κ1) is 13.9. The van der Waals surface area contributed by atoms with E-state index in [4.69, 9.17) is 0 Å². The Morgan fingerprint density at radius 1 is 1.19 bits per heavy atom. The molecule has 2 aromatic rings. The lowest BCUT2D eigenvalue weighted by atomic mass is 10.1. The average molecular weight is 286 g/mol. The molecule has 0 unspecified atom stereocenters. The van der Waals surface area contributed by atoms with Gasteiger partial charge in [-0.25, -0.2) is 9.97 Å². The van der Waals surface area contributed by atoms with Crippen molar-refractivity contribution >= 4 is 11.6 Å². The minimum Gasteiger partial charge on any atom is -0.370 e. The van der Waals surface area contributed by atoms with Crippen LogP contribution in [0.1, 0.15) is 25.0 Å². The molecule has 3 heterocycles. The van der Waals surface area contributed by atoms with Crippen molar-refractivity contribution in [2.24, 2.45) is 7.05 Å². The van der Waals surface area contributed by atoms with E-state index in [1.807, 2.05) is 24.0 Å². The van der Waals surface area contributed by atoms with Gasteiger partial charge in [0, 0.05) is 51.1 Å². The van der Waals surface area contributed by atoms with Gasteiger partial charge in [-0.3, -0.25) is 4.68 Å². The van der Waals surface area contributed by atoms with Crippen molar-refractivity contribution in [3.8, 4) is 0 Å². The second kappa shape index (κ2) is 6.56. The van der Waals surface area contributed by atoms with Gasteiger partial charge in [0.1, 0.15) is 18.0 Å². The van der Waals surface area contributed by atoms with Gasteiger partial charge in [0.05, 0.1) is 0 Å². The Morgan fingerprint density at radius 3 is 2.81 bits per heavy atom. The van der Waals surface area contributed by atoms with Crippen LogP contribution in [-0.2, 0) is 13.5 Å². The molecule has 1 aliphatic rings. The SMILES string of the molecule is Cn1nccc1CCNc1cc(N2CCCCC2)ncn1. The highest BCUT2D eigenvalue weighted by atomic mass is 15.3. The third-order valence-electron chi connectivity index (χ3n) is 3.94. The number of aryl methyl sites for hydroxylation is 1. The summed E-state index contributed by atoms with van der Waals surface area (Å²) in [4.78, 5) is 11.0. The molecule has 0 spiro atoms. The smallest absolute Gasteiger partial charge is 0.134 e. The van der Waals surface area contributed by atoms with Crippen LogP contribution in [0.4, 0.5) is 11.6 Å². The summed E-state index contributed by atoms with van der Waals surface area (Å²) in [6.07, 6.45) is 8.25. The van der Waals surface area contributed by atoms with E-state index in [0.29, 0.717) is 0 Å². The Bertz CT molecular complexity index is 573. The zero-order valence-electron chi connectivity index (χ0n) is 12.5. The third kappa shape index (κ3) is 3.51. The van der Waals surface area contributed by atoms with Crippen LogP contribution >= 0.6 is 0 Å². The lowest BCUT2D eigenvalue weighted by Crippen LogP contribution is -2.30. The number of aromatic nitrogens is 4. The van der Waals surface area contributed by atoms with Gasteiger partial charge in [-0.15, -0.1) is 0 Å². The Labute approximate surface area is 125 Å². The highest BCUT2D eigenvalue weighted by Crippen LogP contribution is 2.19. The van der Waals surface area contributed by atoms with Crippen LogP contribution in [0.2, 0.25) is 0 Å². The fraction of sp³-hybridized carbons (Fsp3) is 0.533. The Hall–Kier alpha value is -2.11. The normalized spacial score (nSPS) is 15.2. The van der Waals surface area contributed by atoms with E-state index in [9.17, 15) is 0 Å². The first-order valence-corrected chi connectivity index (χ1v) is 7.61. The van der Waals surface area contributed by atoms with Crippen LogP contribution in [0.5, 0.6) is 0 Å². The molecule has 0 aliphatic carbocycles. The molecule has 0 radical (unpaired) electrons. The van der Waals surface area contributed by atoms with Crippen molar-refractivity contribution in [1.29, 1.82) is 0 Å². The Morgan fingerprint density at radius 2 is 2.05 bits per heavy atom. The van der Waals surface area contributed by atoms with Crippen LogP contribution in [0.25, 0.3) is 0 Å². The number of piperidine rings is 1. The average Bonchev–Trinajstić information content (AvgIpc) is 2.94. The molecule has 3 rings (SSSR count). The molecule has 6 nitrogen and oxygen atoms in total. The van der Waals surface area contributed by atoms with Crippen LogP contribution in [0.3, 0.4) is 0 Å². The van der Waals surface area contributed by atoms with Crippen LogP contribution in [-0.4, -0.2) is 39.4 Å². The van der Waals surface area contributed by atoms with Crippen molar-refractivity contribution in [2.75, 3.05) is 29.9 Å². The molecule has 0 amide bonds. The number of hydrogen-bond acceptors (Lipinski definition) is 5. The number of hydrogen-bond donors (Lipinski definition) is 1. The van der Waals surface area contributed by atoms with Crippen molar-refractivity contribution in [3.05, 3.63) is 30.4 Å². The maximum atomic E-state index is 4.40. The fourth-order valence-corrected chi connectivity index (χ4v) is 2.70. The fourth-order valence-electron chi connectivity index (χ4n) is 2.70. The van der Waals surface area contributed by atoms with Gasteiger partial charge in [0.2, 0.25) is 0 Å². The first-order chi connectivity index (χ1) is 10.3. The molecule has 0 atom stereocenters. The Balaban J connectivity index is 1.57. The minimum absolute atomic E-state index is 0.843. The molecule has 2 aromatic heterocycles. The first-order valence-electron chi connectivity index (χ1n) is 7.61. The van der Waals surface area contributed by atoms with Gasteiger partial charge in [-0.05, 0) is 25.3 Å². The summed E-state index contributed by atoms with van der Waals surface area (Å²) in [5.74, 6) is 1.93. The summed E-state index contributed by atoms with van der Waals surface area (Å²) in [5, 5.41) is 7.54. The van der Waals surface area contributed by atoms with Crippen molar-refractivity contribution in [2.45, 2.75) is 25.7 Å². The maximum absolute atomic E-state index is 4.40. The van der Waals surface area contributed by atoms with Gasteiger partial charge < -0.3 is 10.2 Å². The molecular formula is C15H22N6. The van der Waals surface area contributed by atoms with E-state index in [2.05, 4.69) is 31.3 Å². The van der Waals surface area contributed by atoms with Gasteiger partial charge in [-0.2, -0.15) is 5.10 Å². The molecule has 1 aliphatic heterocycles. The van der Waals surface area contributed by atoms with Gasteiger partial charge in [0.15, 0.2) is 0 Å². The number of anilines is 2. The minimum atomic E-state index is 0.843. The summed E-state index contributed by atoms with van der Waals surface area (Å²) in [6, 6.07) is 4.09. The quantitative estimate of drug-likeness (QED) is 0.909. The molecule has 0 saturated carbocycles. The number of nitrogens with zero attached hydrogens (tertiary/aromatic N) is 5. The van der Waals surface area contributed by atoms with Crippen LogP contribution in [0, 0.1) is 0 Å². The van der Waals surface area contributed by atoms with E-state index in [1.165, 1.54) is 25.0 Å². The van der Waals surface area contributed by atoms with E-state index >= 15 is 0 Å². The van der Waals surface area contributed by atoms with E-state index in [-0.39, 0.29) is 0 Å². The molecule has 1 saturated heterocycles. The van der Waals surface area contributed by atoms with Crippen molar-refractivity contribution < 1.29 is 0 Å². The Kier molecular flexibility index (Phi) is 4.33. The molecular weight excluding hydrogens is 264 g/mol. The van der Waals surface area contributed by atoms with Gasteiger partial charge >= 0.3 is 0 Å². The standard InChI is InChI=1S/C15H22N6/c1-20-13(6-8-19-20)5-7-16-14-11-15(18-12-17-14)21-9-3-2-4-10-21/h6,8,11-12H,2-5,7,9-10H2,1H3,(H,16,17,18). The predicted octanol–water partition coefficient (Wildman–Crippen LogP) is 1.85. The molecule has 0 bridgehead atoms. The second-order valence-electron chi connectivity index (χ2n) is 5.43. The van der Waals surface area contributed by atoms with Crippen molar-refractivity contribution in [3.63, 3.8) is 0 Å². The molecule has 1 fully saturated rings. The predicted molar refractivity (Wildman–Crippen MR) is 83.5 cm³/mol. The van der Waals surface area contributed by atoms with Crippen molar-refractivity contribution in [1.82, 2.24) is 19.7 Å². The summed E-state index contributed by atoms with van der Waals surface area (Å²) < 4.78 is 1.90. The van der Waals surface area contributed by atoms with E-state index in [0.717, 1.165) is 37.7 Å². The van der Waals surface area contributed by atoms with Gasteiger partial charge in [0.25, 0.3) is 0 Å². The molecule has 0 aromatic carbocycles. The number of nitrogens with one attached hydrogen (secondary N) is 1. The summed E-state index contributed by atoms with van der Waals surface area (Å²) in [7, 11) is 1.97. The number of rotatable bonds is 5. The lowest BCUT2D eigenvalue weighted by Gasteiger charge is -2.27. The summed E-state index contributed by atoms with van der Waals surface area (Å²) >= 11 is 0. The topological polar surface area (TPSA) is 58.9 Å². The molecule has 21 heavy (non-hydrogen) atoms. The zero-order valence-corrected chi connectivity index (χ0v) is 12.5. The van der Waals surface area contributed by atoms with Crippen LogP contribution in [0.15, 0.2) is 24.7 Å².